The van der Waals surface area contributed by atoms with Gasteiger partial charge < -0.3 is 10.1 Å². The van der Waals surface area contributed by atoms with Gasteiger partial charge in [-0.3, -0.25) is 14.9 Å². The zero-order valence-electron chi connectivity index (χ0n) is 16.7. The third kappa shape index (κ3) is 5.25. The SMILES string of the molecule is Cc1cc(C(=O)OCC(=O)Nc2ccc(S(=O)(=O)N3CCCC3)cc2)ccc1[N+](=O)[O-]. The summed E-state index contributed by atoms with van der Waals surface area (Å²) in [5, 5.41) is 13.4. The smallest absolute Gasteiger partial charge is 0.338 e. The van der Waals surface area contributed by atoms with Crippen molar-refractivity contribution in [2.45, 2.75) is 24.7 Å². The van der Waals surface area contributed by atoms with E-state index in [4.69, 9.17) is 4.74 Å². The monoisotopic (exact) mass is 447 g/mol. The lowest BCUT2D eigenvalue weighted by Crippen LogP contribution is -2.27. The fourth-order valence-corrected chi connectivity index (χ4v) is 4.70. The molecule has 1 aliphatic heterocycles. The molecule has 1 saturated heterocycles. The van der Waals surface area contributed by atoms with Crippen molar-refractivity contribution < 1.29 is 27.7 Å². The van der Waals surface area contributed by atoms with Crippen molar-refractivity contribution in [3.63, 3.8) is 0 Å². The van der Waals surface area contributed by atoms with E-state index in [1.165, 1.54) is 53.7 Å². The molecule has 1 N–H and O–H groups in total. The first-order valence-corrected chi connectivity index (χ1v) is 10.9. The molecule has 0 spiro atoms. The van der Waals surface area contributed by atoms with Crippen molar-refractivity contribution in [1.82, 2.24) is 4.31 Å². The van der Waals surface area contributed by atoms with Gasteiger partial charge in [-0.05, 0) is 56.2 Å². The summed E-state index contributed by atoms with van der Waals surface area (Å²) in [6, 6.07) is 9.52. The van der Waals surface area contributed by atoms with Gasteiger partial charge in [-0.25, -0.2) is 13.2 Å². The fourth-order valence-electron chi connectivity index (χ4n) is 3.19. The number of nitro benzene ring substituents is 1. The van der Waals surface area contributed by atoms with Crippen LogP contribution in [0, 0.1) is 17.0 Å². The van der Waals surface area contributed by atoms with Gasteiger partial charge in [0.25, 0.3) is 11.6 Å². The second kappa shape index (κ2) is 9.23. The number of benzene rings is 2. The van der Waals surface area contributed by atoms with E-state index in [2.05, 4.69) is 5.32 Å². The molecule has 0 aliphatic carbocycles. The number of esters is 1. The van der Waals surface area contributed by atoms with Crippen LogP contribution in [0.5, 0.6) is 0 Å². The molecular weight excluding hydrogens is 426 g/mol. The predicted molar refractivity (Wildman–Crippen MR) is 111 cm³/mol. The van der Waals surface area contributed by atoms with E-state index in [-0.39, 0.29) is 16.1 Å². The van der Waals surface area contributed by atoms with Crippen LogP contribution in [0.1, 0.15) is 28.8 Å². The first kappa shape index (κ1) is 22.4. The second-order valence-corrected chi connectivity index (χ2v) is 8.96. The molecule has 1 aliphatic rings. The number of hydrogen-bond donors (Lipinski definition) is 1. The zero-order valence-corrected chi connectivity index (χ0v) is 17.6. The van der Waals surface area contributed by atoms with Gasteiger partial charge >= 0.3 is 5.97 Å². The molecule has 0 saturated carbocycles. The molecule has 0 bridgehead atoms. The van der Waals surface area contributed by atoms with Gasteiger partial charge in [0.15, 0.2) is 6.61 Å². The Balaban J connectivity index is 1.55. The normalized spacial score (nSPS) is 14.2. The second-order valence-electron chi connectivity index (χ2n) is 7.02. The first-order chi connectivity index (χ1) is 14.7. The molecule has 0 unspecified atom stereocenters. The van der Waals surface area contributed by atoms with Crippen LogP contribution in [0.3, 0.4) is 0 Å². The van der Waals surface area contributed by atoms with Crippen molar-refractivity contribution in [3.05, 3.63) is 63.7 Å². The quantitative estimate of drug-likeness (QED) is 0.391. The van der Waals surface area contributed by atoms with Crippen LogP contribution in [0.4, 0.5) is 11.4 Å². The number of aryl methyl sites for hydroxylation is 1. The predicted octanol–water partition coefficient (Wildman–Crippen LogP) is 2.48. The number of anilines is 1. The maximum atomic E-state index is 12.5. The molecule has 1 heterocycles. The third-order valence-corrected chi connectivity index (χ3v) is 6.72. The zero-order chi connectivity index (χ0) is 22.6. The van der Waals surface area contributed by atoms with Crippen LogP contribution in [0.15, 0.2) is 47.4 Å². The van der Waals surface area contributed by atoms with Gasteiger partial charge in [0.05, 0.1) is 15.4 Å². The number of nitro groups is 1. The van der Waals surface area contributed by atoms with E-state index in [1.54, 1.807) is 0 Å². The van der Waals surface area contributed by atoms with Gasteiger partial charge in [-0.15, -0.1) is 0 Å². The molecule has 31 heavy (non-hydrogen) atoms. The van der Waals surface area contributed by atoms with Crippen LogP contribution >= 0.6 is 0 Å². The lowest BCUT2D eigenvalue weighted by atomic mass is 10.1. The van der Waals surface area contributed by atoms with Crippen molar-refractivity contribution in [2.75, 3.05) is 25.0 Å². The standard InChI is InChI=1S/C20H21N3O7S/c1-14-12-15(4-9-18(14)23(26)27)20(25)30-13-19(24)21-16-5-7-17(8-6-16)31(28,29)22-10-2-3-11-22/h4-9,12H,2-3,10-11,13H2,1H3,(H,21,24). The Morgan fingerprint density at radius 1 is 1.13 bits per heavy atom. The minimum absolute atomic E-state index is 0.0902. The van der Waals surface area contributed by atoms with Crippen LogP contribution in [-0.2, 0) is 19.6 Å². The summed E-state index contributed by atoms with van der Waals surface area (Å²) >= 11 is 0. The number of nitrogens with zero attached hydrogens (tertiary/aromatic N) is 2. The maximum absolute atomic E-state index is 12.5. The lowest BCUT2D eigenvalue weighted by molar-refractivity contribution is -0.385. The topological polar surface area (TPSA) is 136 Å². The molecule has 1 fully saturated rings. The van der Waals surface area contributed by atoms with E-state index in [0.717, 1.165) is 12.8 Å². The largest absolute Gasteiger partial charge is 0.452 e. The number of sulfonamides is 1. The fraction of sp³-hybridized carbons (Fsp3) is 0.300. The Kier molecular flexibility index (Phi) is 6.66. The number of amides is 1. The van der Waals surface area contributed by atoms with E-state index in [9.17, 15) is 28.1 Å². The summed E-state index contributed by atoms with van der Waals surface area (Å²) in [6.07, 6.45) is 1.68. The molecule has 0 radical (unpaired) electrons. The lowest BCUT2D eigenvalue weighted by Gasteiger charge is -2.15. The molecule has 0 atom stereocenters. The number of nitrogens with one attached hydrogen (secondary N) is 1. The van der Waals surface area contributed by atoms with Crippen molar-refractivity contribution in [2.24, 2.45) is 0 Å². The highest BCUT2D eigenvalue weighted by atomic mass is 32.2. The van der Waals surface area contributed by atoms with Crippen LogP contribution < -0.4 is 5.32 Å². The van der Waals surface area contributed by atoms with Crippen LogP contribution in [0.2, 0.25) is 0 Å². The average Bonchev–Trinajstić information content (AvgIpc) is 3.28. The van der Waals surface area contributed by atoms with Crippen molar-refractivity contribution >= 4 is 33.3 Å². The molecule has 11 heteroatoms. The molecule has 2 aromatic rings. The summed E-state index contributed by atoms with van der Waals surface area (Å²) in [5.41, 5.74) is 0.623. The van der Waals surface area contributed by atoms with E-state index in [1.807, 2.05) is 0 Å². The number of carbonyl (C=O) groups excluding carboxylic acids is 2. The van der Waals surface area contributed by atoms with Gasteiger partial charge in [-0.2, -0.15) is 4.31 Å². The van der Waals surface area contributed by atoms with Crippen LogP contribution in [0.25, 0.3) is 0 Å². The van der Waals surface area contributed by atoms with Gasteiger partial charge in [0.1, 0.15) is 0 Å². The van der Waals surface area contributed by atoms with Crippen molar-refractivity contribution in [1.29, 1.82) is 0 Å². The highest BCUT2D eigenvalue weighted by Gasteiger charge is 2.27. The molecule has 0 aromatic heterocycles. The Hall–Kier alpha value is -3.31. The summed E-state index contributed by atoms with van der Waals surface area (Å²) in [4.78, 5) is 34.5. The van der Waals surface area contributed by atoms with Crippen LogP contribution in [-0.4, -0.2) is 49.2 Å². The van der Waals surface area contributed by atoms with Gasteiger partial charge in [0.2, 0.25) is 10.0 Å². The number of carbonyl (C=O) groups is 2. The third-order valence-electron chi connectivity index (χ3n) is 4.80. The number of rotatable bonds is 7. The maximum Gasteiger partial charge on any atom is 0.338 e. The van der Waals surface area contributed by atoms with Crippen molar-refractivity contribution in [3.8, 4) is 0 Å². The van der Waals surface area contributed by atoms with E-state index in [0.29, 0.717) is 24.3 Å². The highest BCUT2D eigenvalue weighted by Crippen LogP contribution is 2.22. The van der Waals surface area contributed by atoms with E-state index < -0.39 is 33.4 Å². The minimum atomic E-state index is -3.54. The molecule has 2 aromatic carbocycles. The van der Waals surface area contributed by atoms with E-state index >= 15 is 0 Å². The molecule has 164 valence electrons. The molecular formula is C20H21N3O7S. The molecule has 3 rings (SSSR count). The number of hydrogen-bond acceptors (Lipinski definition) is 7. The Morgan fingerprint density at radius 3 is 2.35 bits per heavy atom. The summed E-state index contributed by atoms with van der Waals surface area (Å²) < 4.78 is 31.4. The highest BCUT2D eigenvalue weighted by molar-refractivity contribution is 7.89. The summed E-state index contributed by atoms with van der Waals surface area (Å²) in [6.45, 7) is 1.93. The molecule has 10 nitrogen and oxygen atoms in total. The Bertz CT molecular complexity index is 1110. The Morgan fingerprint density at radius 2 is 1.77 bits per heavy atom. The summed E-state index contributed by atoms with van der Waals surface area (Å²) in [5.74, 6) is -1.40. The Labute approximate surface area is 179 Å². The average molecular weight is 447 g/mol. The molecule has 1 amide bonds. The van der Waals surface area contributed by atoms with Gasteiger partial charge in [0, 0.05) is 30.4 Å². The van der Waals surface area contributed by atoms with Gasteiger partial charge in [-0.1, -0.05) is 0 Å². The first-order valence-electron chi connectivity index (χ1n) is 9.51. The number of ether oxygens (including phenoxy) is 1. The summed E-state index contributed by atoms with van der Waals surface area (Å²) in [7, 11) is -3.54. The minimum Gasteiger partial charge on any atom is -0.452 e.